The van der Waals surface area contributed by atoms with Crippen molar-refractivity contribution in [1.82, 2.24) is 5.32 Å². The van der Waals surface area contributed by atoms with E-state index in [1.54, 1.807) is 20.8 Å². The Morgan fingerprint density at radius 3 is 2.33 bits per heavy atom. The van der Waals surface area contributed by atoms with Crippen LogP contribution in [-0.2, 0) is 19.1 Å². The minimum Gasteiger partial charge on any atom is -0.467 e. The molecule has 1 rings (SSSR count). The normalized spacial score (nSPS) is 12.2. The smallest absolute Gasteiger partial charge is 0.328 e. The lowest BCUT2D eigenvalue weighted by atomic mass is 10.1. The van der Waals surface area contributed by atoms with Gasteiger partial charge in [0.15, 0.2) is 0 Å². The second kappa shape index (κ2) is 7.85. The minimum atomic E-state index is -1.36. The lowest BCUT2D eigenvalue weighted by molar-refractivity contribution is -0.158. The van der Waals surface area contributed by atoms with E-state index >= 15 is 0 Å². The van der Waals surface area contributed by atoms with Crippen molar-refractivity contribution in [2.45, 2.75) is 38.8 Å². The molecule has 0 fully saturated rings. The maximum absolute atomic E-state index is 13.6. The van der Waals surface area contributed by atoms with E-state index < -0.39 is 53.1 Å². The number of hydrogen-bond donors (Lipinski definition) is 1. The third-order valence-electron chi connectivity index (χ3n) is 2.76. The third-order valence-corrected chi connectivity index (χ3v) is 2.76. The van der Waals surface area contributed by atoms with E-state index in [1.807, 2.05) is 0 Å². The molecular formula is C16H19F2NO5. The van der Waals surface area contributed by atoms with Crippen LogP contribution in [0.1, 0.15) is 37.6 Å². The summed E-state index contributed by atoms with van der Waals surface area (Å²) in [5.41, 5.74) is -1.24. The van der Waals surface area contributed by atoms with Crippen LogP contribution in [0.25, 0.3) is 0 Å². The lowest BCUT2D eigenvalue weighted by Crippen LogP contribution is -2.44. The summed E-state index contributed by atoms with van der Waals surface area (Å²) in [5, 5.41) is 2.18. The fourth-order valence-corrected chi connectivity index (χ4v) is 1.80. The molecule has 0 radical (unpaired) electrons. The summed E-state index contributed by atoms with van der Waals surface area (Å²) >= 11 is 0. The molecule has 0 unspecified atom stereocenters. The number of halogens is 2. The van der Waals surface area contributed by atoms with Gasteiger partial charge < -0.3 is 14.8 Å². The molecule has 0 heterocycles. The number of carbonyl (C=O) groups is 3. The fraction of sp³-hybridized carbons (Fsp3) is 0.438. The molecule has 1 amide bonds. The number of hydrogen-bond acceptors (Lipinski definition) is 5. The summed E-state index contributed by atoms with van der Waals surface area (Å²) < 4.78 is 36.1. The van der Waals surface area contributed by atoms with Gasteiger partial charge in [-0.2, -0.15) is 0 Å². The second-order valence-electron chi connectivity index (χ2n) is 5.96. The first-order valence-electron chi connectivity index (χ1n) is 7.09. The molecule has 0 aliphatic carbocycles. The summed E-state index contributed by atoms with van der Waals surface area (Å²) in [6, 6.07) is 1.01. The number of esters is 2. The number of methoxy groups -OCH3 is 1. The average Bonchev–Trinajstić information content (AvgIpc) is 2.43. The number of amides is 1. The van der Waals surface area contributed by atoms with Gasteiger partial charge in [0.2, 0.25) is 0 Å². The second-order valence-corrected chi connectivity index (χ2v) is 5.96. The molecule has 1 N–H and O–H groups in total. The van der Waals surface area contributed by atoms with Gasteiger partial charge in [-0.15, -0.1) is 0 Å². The predicted molar refractivity (Wildman–Crippen MR) is 80.1 cm³/mol. The predicted octanol–water partition coefficient (Wildman–Crippen LogP) is 1.97. The molecule has 132 valence electrons. The van der Waals surface area contributed by atoms with Crippen LogP contribution in [0.2, 0.25) is 0 Å². The number of rotatable bonds is 5. The van der Waals surface area contributed by atoms with Gasteiger partial charge >= 0.3 is 11.9 Å². The van der Waals surface area contributed by atoms with E-state index in [9.17, 15) is 23.2 Å². The van der Waals surface area contributed by atoms with Crippen LogP contribution in [0, 0.1) is 11.6 Å². The SMILES string of the molecule is COC(=O)[C@H](CC(=O)OC(C)(C)C)NC(=O)c1ccc(F)cc1F. The van der Waals surface area contributed by atoms with E-state index in [4.69, 9.17) is 4.74 Å². The molecule has 0 spiro atoms. The molecule has 0 bridgehead atoms. The largest absolute Gasteiger partial charge is 0.467 e. The quantitative estimate of drug-likeness (QED) is 0.827. The van der Waals surface area contributed by atoms with E-state index in [2.05, 4.69) is 10.1 Å². The number of ether oxygens (including phenoxy) is 2. The van der Waals surface area contributed by atoms with Gasteiger partial charge in [0.05, 0.1) is 19.1 Å². The molecule has 1 aromatic carbocycles. The summed E-state index contributed by atoms with van der Waals surface area (Å²) in [5.74, 6) is -4.54. The first-order chi connectivity index (χ1) is 11.0. The third kappa shape index (κ3) is 5.94. The molecule has 0 aliphatic rings. The van der Waals surface area contributed by atoms with Crippen LogP contribution in [0.15, 0.2) is 18.2 Å². The van der Waals surface area contributed by atoms with E-state index in [1.165, 1.54) is 0 Å². The molecule has 6 nitrogen and oxygen atoms in total. The van der Waals surface area contributed by atoms with Crippen LogP contribution >= 0.6 is 0 Å². The molecule has 0 saturated heterocycles. The first kappa shape index (κ1) is 19.5. The first-order valence-corrected chi connectivity index (χ1v) is 7.09. The molecule has 1 aromatic rings. The van der Waals surface area contributed by atoms with Crippen molar-refractivity contribution in [1.29, 1.82) is 0 Å². The van der Waals surface area contributed by atoms with Gasteiger partial charge in [0.1, 0.15) is 23.3 Å². The van der Waals surface area contributed by atoms with Crippen molar-refractivity contribution < 1.29 is 32.6 Å². The zero-order chi connectivity index (χ0) is 18.5. The van der Waals surface area contributed by atoms with Crippen LogP contribution < -0.4 is 5.32 Å². The van der Waals surface area contributed by atoms with Crippen molar-refractivity contribution in [2.75, 3.05) is 7.11 Å². The molecule has 1 atom stereocenters. The average molecular weight is 343 g/mol. The highest BCUT2D eigenvalue weighted by Gasteiger charge is 2.28. The minimum absolute atomic E-state index is 0.463. The van der Waals surface area contributed by atoms with Crippen LogP contribution in [0.3, 0.4) is 0 Å². The molecule has 0 saturated carbocycles. The van der Waals surface area contributed by atoms with Crippen LogP contribution in [0.5, 0.6) is 0 Å². The molecular weight excluding hydrogens is 324 g/mol. The number of nitrogens with one attached hydrogen (secondary N) is 1. The number of benzene rings is 1. The van der Waals surface area contributed by atoms with Gasteiger partial charge in [-0.25, -0.2) is 13.6 Å². The Balaban J connectivity index is 2.88. The Bertz CT molecular complexity index is 640. The standard InChI is InChI=1S/C16H19F2NO5/c1-16(2,3)24-13(20)8-12(15(22)23-4)19-14(21)10-6-5-9(17)7-11(10)18/h5-7,12H,8H2,1-4H3,(H,19,21)/t12-/m0/s1. The summed E-state index contributed by atoms with van der Waals surface area (Å²) in [6.07, 6.45) is -0.488. The highest BCUT2D eigenvalue weighted by atomic mass is 19.1. The Kier molecular flexibility index (Phi) is 6.39. The fourth-order valence-electron chi connectivity index (χ4n) is 1.80. The summed E-state index contributed by atoms with van der Waals surface area (Å²) in [4.78, 5) is 35.6. The van der Waals surface area contributed by atoms with Crippen molar-refractivity contribution in [3.05, 3.63) is 35.4 Å². The molecule has 24 heavy (non-hydrogen) atoms. The molecule has 0 aromatic heterocycles. The van der Waals surface area contributed by atoms with E-state index in [0.717, 1.165) is 19.2 Å². The molecule has 0 aliphatic heterocycles. The zero-order valence-corrected chi connectivity index (χ0v) is 13.8. The number of carbonyl (C=O) groups excluding carboxylic acids is 3. The van der Waals surface area contributed by atoms with Gasteiger partial charge in [0.25, 0.3) is 5.91 Å². The maximum Gasteiger partial charge on any atom is 0.328 e. The van der Waals surface area contributed by atoms with Gasteiger partial charge in [0, 0.05) is 6.07 Å². The van der Waals surface area contributed by atoms with Gasteiger partial charge in [-0.3, -0.25) is 9.59 Å². The Labute approximate surface area is 138 Å². The highest BCUT2D eigenvalue weighted by Crippen LogP contribution is 2.12. The topological polar surface area (TPSA) is 81.7 Å². The monoisotopic (exact) mass is 343 g/mol. The van der Waals surface area contributed by atoms with Gasteiger partial charge in [-0.1, -0.05) is 0 Å². The van der Waals surface area contributed by atoms with E-state index in [-0.39, 0.29) is 0 Å². The van der Waals surface area contributed by atoms with Crippen molar-refractivity contribution in [3.8, 4) is 0 Å². The lowest BCUT2D eigenvalue weighted by Gasteiger charge is -2.22. The van der Waals surface area contributed by atoms with Gasteiger partial charge in [-0.05, 0) is 32.9 Å². The highest BCUT2D eigenvalue weighted by molar-refractivity contribution is 5.97. The van der Waals surface area contributed by atoms with Crippen molar-refractivity contribution in [2.24, 2.45) is 0 Å². The zero-order valence-electron chi connectivity index (χ0n) is 13.8. The Hall–Kier alpha value is -2.51. The maximum atomic E-state index is 13.6. The Morgan fingerprint density at radius 2 is 1.83 bits per heavy atom. The summed E-state index contributed by atoms with van der Waals surface area (Å²) in [7, 11) is 1.08. The van der Waals surface area contributed by atoms with Crippen LogP contribution in [0.4, 0.5) is 8.78 Å². The van der Waals surface area contributed by atoms with Crippen molar-refractivity contribution >= 4 is 17.8 Å². The molecule has 8 heteroatoms. The van der Waals surface area contributed by atoms with E-state index in [0.29, 0.717) is 6.07 Å². The summed E-state index contributed by atoms with van der Waals surface area (Å²) in [6.45, 7) is 4.93. The Morgan fingerprint density at radius 1 is 1.21 bits per heavy atom. The van der Waals surface area contributed by atoms with Crippen LogP contribution in [-0.4, -0.2) is 36.6 Å². The van der Waals surface area contributed by atoms with Crippen molar-refractivity contribution in [3.63, 3.8) is 0 Å².